The second-order valence-corrected chi connectivity index (χ2v) is 5.68. The van der Waals surface area contributed by atoms with Crippen molar-refractivity contribution < 1.29 is 4.79 Å². The average molecular weight is 309 g/mol. The summed E-state index contributed by atoms with van der Waals surface area (Å²) in [5.41, 5.74) is 3.40. The number of nitrogens with one attached hydrogen (secondary N) is 1. The van der Waals surface area contributed by atoms with Crippen molar-refractivity contribution >= 4 is 17.4 Å². The standard InChI is InChI=1S/C17H19N5O/c1-12-6-7-22-11-14(20-16(22)8-12)10-19-17(23)13-4-5-15(18-9-13)21(2)3/h4-9,11H,10H2,1-3H3,(H,19,23). The molecule has 0 aliphatic heterocycles. The molecular weight excluding hydrogens is 290 g/mol. The first-order valence-corrected chi connectivity index (χ1v) is 7.39. The summed E-state index contributed by atoms with van der Waals surface area (Å²) >= 11 is 0. The summed E-state index contributed by atoms with van der Waals surface area (Å²) in [6.45, 7) is 2.41. The number of nitrogens with zero attached hydrogens (tertiary/aromatic N) is 4. The number of hydrogen-bond acceptors (Lipinski definition) is 4. The number of aryl methyl sites for hydroxylation is 1. The number of carbonyl (C=O) groups excluding carboxylic acids is 1. The zero-order chi connectivity index (χ0) is 16.4. The summed E-state index contributed by atoms with van der Waals surface area (Å²) in [6, 6.07) is 7.62. The van der Waals surface area contributed by atoms with Crippen molar-refractivity contribution in [3.63, 3.8) is 0 Å². The molecule has 0 aliphatic carbocycles. The Labute approximate surface area is 134 Å². The van der Waals surface area contributed by atoms with Gasteiger partial charge in [-0.3, -0.25) is 4.79 Å². The normalized spacial score (nSPS) is 10.7. The van der Waals surface area contributed by atoms with E-state index in [1.54, 1.807) is 12.3 Å². The van der Waals surface area contributed by atoms with E-state index in [0.29, 0.717) is 12.1 Å². The van der Waals surface area contributed by atoms with Gasteiger partial charge in [0.1, 0.15) is 11.5 Å². The summed E-state index contributed by atoms with van der Waals surface area (Å²) in [4.78, 5) is 22.8. The maximum atomic E-state index is 12.2. The summed E-state index contributed by atoms with van der Waals surface area (Å²) < 4.78 is 1.95. The highest BCUT2D eigenvalue weighted by atomic mass is 16.1. The lowest BCUT2D eigenvalue weighted by Crippen LogP contribution is -2.23. The van der Waals surface area contributed by atoms with Crippen molar-refractivity contribution in [1.29, 1.82) is 0 Å². The highest BCUT2D eigenvalue weighted by molar-refractivity contribution is 5.93. The summed E-state index contributed by atoms with van der Waals surface area (Å²) in [5, 5.41) is 2.87. The molecule has 0 bridgehead atoms. The van der Waals surface area contributed by atoms with Crippen LogP contribution in [0.15, 0.2) is 42.9 Å². The van der Waals surface area contributed by atoms with Crippen LogP contribution in [0.25, 0.3) is 5.65 Å². The molecule has 6 nitrogen and oxygen atoms in total. The van der Waals surface area contributed by atoms with E-state index in [2.05, 4.69) is 15.3 Å². The number of pyridine rings is 2. The Hall–Kier alpha value is -2.89. The van der Waals surface area contributed by atoms with Crippen molar-refractivity contribution in [3.05, 3.63) is 59.7 Å². The highest BCUT2D eigenvalue weighted by Gasteiger charge is 2.08. The molecular formula is C17H19N5O. The predicted molar refractivity (Wildman–Crippen MR) is 89.7 cm³/mol. The van der Waals surface area contributed by atoms with Gasteiger partial charge >= 0.3 is 0 Å². The second-order valence-electron chi connectivity index (χ2n) is 5.68. The summed E-state index contributed by atoms with van der Waals surface area (Å²) in [5.74, 6) is 0.660. The number of hydrogen-bond donors (Lipinski definition) is 1. The molecule has 0 radical (unpaired) electrons. The molecule has 23 heavy (non-hydrogen) atoms. The minimum absolute atomic E-state index is 0.156. The Kier molecular flexibility index (Phi) is 3.97. The smallest absolute Gasteiger partial charge is 0.253 e. The number of aromatic nitrogens is 3. The zero-order valence-corrected chi connectivity index (χ0v) is 13.4. The van der Waals surface area contributed by atoms with Crippen molar-refractivity contribution in [2.24, 2.45) is 0 Å². The lowest BCUT2D eigenvalue weighted by Gasteiger charge is -2.11. The molecule has 118 valence electrons. The van der Waals surface area contributed by atoms with Crippen molar-refractivity contribution in [2.75, 3.05) is 19.0 Å². The van der Waals surface area contributed by atoms with Gasteiger partial charge < -0.3 is 14.6 Å². The Morgan fingerprint density at radius 2 is 2.13 bits per heavy atom. The lowest BCUT2D eigenvalue weighted by atomic mass is 10.2. The van der Waals surface area contributed by atoms with E-state index < -0.39 is 0 Å². The minimum Gasteiger partial charge on any atom is -0.363 e. The molecule has 0 saturated carbocycles. The van der Waals surface area contributed by atoms with Gasteiger partial charge in [0.15, 0.2) is 0 Å². The molecule has 3 rings (SSSR count). The molecule has 0 aliphatic rings. The van der Waals surface area contributed by atoms with Crippen LogP contribution in [0, 0.1) is 6.92 Å². The van der Waals surface area contributed by atoms with Gasteiger partial charge in [0.2, 0.25) is 0 Å². The molecule has 3 aromatic rings. The molecule has 0 spiro atoms. The van der Waals surface area contributed by atoms with Gasteiger partial charge in [0.05, 0.1) is 17.8 Å². The Morgan fingerprint density at radius 3 is 2.83 bits per heavy atom. The first kappa shape index (κ1) is 15.0. The van der Waals surface area contributed by atoms with Crippen molar-refractivity contribution in [1.82, 2.24) is 19.7 Å². The van der Waals surface area contributed by atoms with Crippen LogP contribution in [-0.2, 0) is 6.54 Å². The second kappa shape index (κ2) is 6.08. The van der Waals surface area contributed by atoms with Gasteiger partial charge in [-0.2, -0.15) is 0 Å². The van der Waals surface area contributed by atoms with Gasteiger partial charge in [-0.15, -0.1) is 0 Å². The number of rotatable bonds is 4. The Bertz CT molecular complexity index is 836. The SMILES string of the molecule is Cc1ccn2cc(CNC(=O)c3ccc(N(C)C)nc3)nc2c1. The monoisotopic (exact) mass is 309 g/mol. The van der Waals surface area contributed by atoms with E-state index >= 15 is 0 Å². The molecule has 3 aromatic heterocycles. The molecule has 3 heterocycles. The van der Waals surface area contributed by atoms with Gasteiger partial charge in [-0.05, 0) is 36.8 Å². The van der Waals surface area contributed by atoms with Gasteiger partial charge in [-0.25, -0.2) is 9.97 Å². The third kappa shape index (κ3) is 3.31. The molecule has 0 atom stereocenters. The number of amides is 1. The molecule has 6 heteroatoms. The Morgan fingerprint density at radius 1 is 1.30 bits per heavy atom. The van der Waals surface area contributed by atoms with E-state index in [1.807, 2.05) is 60.9 Å². The number of anilines is 1. The first-order valence-electron chi connectivity index (χ1n) is 7.39. The zero-order valence-electron chi connectivity index (χ0n) is 13.4. The van der Waals surface area contributed by atoms with Crippen LogP contribution in [0.1, 0.15) is 21.6 Å². The van der Waals surface area contributed by atoms with Crippen LogP contribution >= 0.6 is 0 Å². The first-order chi connectivity index (χ1) is 11.0. The maximum Gasteiger partial charge on any atom is 0.253 e. The van der Waals surface area contributed by atoms with E-state index in [1.165, 1.54) is 0 Å². The number of fused-ring (bicyclic) bond motifs is 1. The molecule has 0 fully saturated rings. The molecule has 1 N–H and O–H groups in total. The van der Waals surface area contributed by atoms with Crippen LogP contribution in [0.4, 0.5) is 5.82 Å². The average Bonchev–Trinajstić information content (AvgIpc) is 2.94. The topological polar surface area (TPSA) is 62.5 Å². The van der Waals surface area contributed by atoms with Crippen molar-refractivity contribution in [2.45, 2.75) is 13.5 Å². The summed E-state index contributed by atoms with van der Waals surface area (Å²) in [7, 11) is 3.82. The molecule has 1 amide bonds. The third-order valence-electron chi connectivity index (χ3n) is 3.56. The van der Waals surface area contributed by atoms with Crippen LogP contribution in [-0.4, -0.2) is 34.4 Å². The van der Waals surface area contributed by atoms with E-state index in [4.69, 9.17) is 0 Å². The van der Waals surface area contributed by atoms with E-state index in [-0.39, 0.29) is 5.91 Å². The largest absolute Gasteiger partial charge is 0.363 e. The summed E-state index contributed by atoms with van der Waals surface area (Å²) in [6.07, 6.45) is 5.47. The lowest BCUT2D eigenvalue weighted by molar-refractivity contribution is 0.0950. The van der Waals surface area contributed by atoms with Crippen LogP contribution in [0.5, 0.6) is 0 Å². The van der Waals surface area contributed by atoms with Gasteiger partial charge in [0.25, 0.3) is 5.91 Å². The minimum atomic E-state index is -0.156. The number of carbonyl (C=O) groups is 1. The molecule has 0 aromatic carbocycles. The van der Waals surface area contributed by atoms with Gasteiger partial charge in [-0.1, -0.05) is 0 Å². The van der Waals surface area contributed by atoms with Crippen LogP contribution in [0.3, 0.4) is 0 Å². The van der Waals surface area contributed by atoms with E-state index in [0.717, 1.165) is 22.7 Å². The number of imidazole rings is 1. The van der Waals surface area contributed by atoms with Crippen molar-refractivity contribution in [3.8, 4) is 0 Å². The Balaban J connectivity index is 1.67. The fraction of sp³-hybridized carbons (Fsp3) is 0.235. The fourth-order valence-electron chi connectivity index (χ4n) is 2.28. The van der Waals surface area contributed by atoms with Crippen LogP contribution < -0.4 is 10.2 Å². The maximum absolute atomic E-state index is 12.2. The fourth-order valence-corrected chi connectivity index (χ4v) is 2.28. The van der Waals surface area contributed by atoms with Crippen LogP contribution in [0.2, 0.25) is 0 Å². The highest BCUT2D eigenvalue weighted by Crippen LogP contribution is 2.09. The predicted octanol–water partition coefficient (Wildman–Crippen LogP) is 2.03. The van der Waals surface area contributed by atoms with E-state index in [9.17, 15) is 4.79 Å². The van der Waals surface area contributed by atoms with Gasteiger partial charge in [0, 0.05) is 32.7 Å². The quantitative estimate of drug-likeness (QED) is 0.801. The molecule has 0 unspecified atom stereocenters. The molecule has 0 saturated heterocycles. The third-order valence-corrected chi connectivity index (χ3v) is 3.56.